The first-order chi connectivity index (χ1) is 7.72. The molecule has 0 unspecified atom stereocenters. The first-order valence-corrected chi connectivity index (χ1v) is 5.26. The summed E-state index contributed by atoms with van der Waals surface area (Å²) in [5.74, 6) is 0.683. The molecule has 0 N–H and O–H groups in total. The minimum atomic E-state index is -0.511. The maximum atomic E-state index is 11.8. The number of hydrogen-bond donors (Lipinski definition) is 0. The second-order valence-electron chi connectivity index (χ2n) is 3.10. The van der Waals surface area contributed by atoms with E-state index >= 15 is 0 Å². The molecule has 16 heavy (non-hydrogen) atoms. The normalized spacial score (nSPS) is 10.6. The van der Waals surface area contributed by atoms with Gasteiger partial charge in [0, 0.05) is 6.42 Å². The maximum Gasteiger partial charge on any atom is 0.245 e. The Labute approximate surface area is 98.7 Å². The van der Waals surface area contributed by atoms with Gasteiger partial charge in [0.15, 0.2) is 0 Å². The predicted molar refractivity (Wildman–Crippen MR) is 62.4 cm³/mol. The summed E-state index contributed by atoms with van der Waals surface area (Å²) < 4.78 is 17.1. The van der Waals surface area contributed by atoms with Crippen LogP contribution in [-0.4, -0.2) is 18.5 Å². The van der Waals surface area contributed by atoms with Crippen LogP contribution >= 0.6 is 11.6 Å². The molecule has 0 saturated heterocycles. The molecule has 0 spiro atoms. The van der Waals surface area contributed by atoms with E-state index in [0.717, 1.165) is 5.56 Å². The maximum absolute atomic E-state index is 11.8. The standard InChI is InChI=1S/C12H12ClFO2/c13-12(15)7-4-10-2-5-11(6-3-10)16-9-1-8-14/h2-7H,1,8-9H2. The molecule has 86 valence electrons. The fraction of sp³-hybridized carbons (Fsp3) is 0.250. The molecule has 2 nitrogen and oxygen atoms in total. The van der Waals surface area contributed by atoms with Crippen LogP contribution in [0.3, 0.4) is 0 Å². The van der Waals surface area contributed by atoms with Gasteiger partial charge in [-0.25, -0.2) is 0 Å². The summed E-state index contributed by atoms with van der Waals surface area (Å²) in [7, 11) is 0. The van der Waals surface area contributed by atoms with E-state index in [2.05, 4.69) is 0 Å². The Bertz CT molecular complexity index is 360. The fourth-order valence-electron chi connectivity index (χ4n) is 1.08. The zero-order chi connectivity index (χ0) is 11.8. The molecule has 0 aromatic heterocycles. The van der Waals surface area contributed by atoms with E-state index in [1.54, 1.807) is 30.3 Å². The highest BCUT2D eigenvalue weighted by Gasteiger charge is 1.94. The highest BCUT2D eigenvalue weighted by molar-refractivity contribution is 6.66. The summed E-state index contributed by atoms with van der Waals surface area (Å²) in [4.78, 5) is 10.5. The monoisotopic (exact) mass is 242 g/mol. The van der Waals surface area contributed by atoms with Gasteiger partial charge in [-0.05, 0) is 35.4 Å². The molecule has 0 fully saturated rings. The Balaban J connectivity index is 2.51. The molecule has 1 aromatic carbocycles. The van der Waals surface area contributed by atoms with E-state index in [1.165, 1.54) is 6.08 Å². The molecule has 0 aliphatic carbocycles. The summed E-state index contributed by atoms with van der Waals surface area (Å²) >= 11 is 5.16. The second kappa shape index (κ2) is 7.01. The van der Waals surface area contributed by atoms with Crippen LogP contribution in [0.1, 0.15) is 12.0 Å². The molecular weight excluding hydrogens is 231 g/mol. The van der Waals surface area contributed by atoms with Crippen molar-refractivity contribution in [2.24, 2.45) is 0 Å². The molecule has 0 aliphatic rings. The van der Waals surface area contributed by atoms with Gasteiger partial charge in [-0.1, -0.05) is 18.2 Å². The Morgan fingerprint density at radius 3 is 2.62 bits per heavy atom. The third-order valence-electron chi connectivity index (χ3n) is 1.83. The van der Waals surface area contributed by atoms with Gasteiger partial charge in [0.2, 0.25) is 5.24 Å². The minimum absolute atomic E-state index is 0.367. The zero-order valence-electron chi connectivity index (χ0n) is 8.66. The van der Waals surface area contributed by atoms with Gasteiger partial charge in [-0.3, -0.25) is 9.18 Å². The highest BCUT2D eigenvalue weighted by atomic mass is 35.5. The van der Waals surface area contributed by atoms with E-state index in [4.69, 9.17) is 16.3 Å². The Kier molecular flexibility index (Phi) is 5.57. The summed E-state index contributed by atoms with van der Waals surface area (Å²) in [6.45, 7) is -0.00942. The average molecular weight is 243 g/mol. The summed E-state index contributed by atoms with van der Waals surface area (Å²) in [5, 5.41) is -0.511. The van der Waals surface area contributed by atoms with E-state index in [1.807, 2.05) is 0 Å². The molecule has 1 aromatic rings. The molecule has 0 radical (unpaired) electrons. The lowest BCUT2D eigenvalue weighted by Crippen LogP contribution is -1.97. The summed E-state index contributed by atoms with van der Waals surface area (Å²) in [5.41, 5.74) is 0.854. The van der Waals surface area contributed by atoms with Crippen molar-refractivity contribution in [3.05, 3.63) is 35.9 Å². The van der Waals surface area contributed by atoms with Crippen molar-refractivity contribution in [2.75, 3.05) is 13.3 Å². The van der Waals surface area contributed by atoms with Crippen LogP contribution in [0.25, 0.3) is 6.08 Å². The summed E-state index contributed by atoms with van der Waals surface area (Å²) in [6.07, 6.45) is 3.28. The number of halogens is 2. The first-order valence-electron chi connectivity index (χ1n) is 4.89. The van der Waals surface area contributed by atoms with E-state index in [9.17, 15) is 9.18 Å². The number of carbonyl (C=O) groups excluding carboxylic acids is 1. The van der Waals surface area contributed by atoms with Crippen molar-refractivity contribution in [2.45, 2.75) is 6.42 Å². The van der Waals surface area contributed by atoms with Crippen molar-refractivity contribution in [3.8, 4) is 5.75 Å². The third-order valence-corrected chi connectivity index (χ3v) is 1.96. The van der Waals surface area contributed by atoms with E-state index < -0.39 is 5.24 Å². The van der Waals surface area contributed by atoms with Gasteiger partial charge in [0.05, 0.1) is 13.3 Å². The zero-order valence-corrected chi connectivity index (χ0v) is 9.41. The number of benzene rings is 1. The van der Waals surface area contributed by atoms with Gasteiger partial charge in [-0.15, -0.1) is 0 Å². The van der Waals surface area contributed by atoms with Crippen molar-refractivity contribution in [3.63, 3.8) is 0 Å². The van der Waals surface area contributed by atoms with Gasteiger partial charge in [0.25, 0.3) is 0 Å². The molecule has 4 heteroatoms. The molecule has 0 bridgehead atoms. The number of rotatable bonds is 6. The Morgan fingerprint density at radius 1 is 1.38 bits per heavy atom. The van der Waals surface area contributed by atoms with Crippen LogP contribution < -0.4 is 4.74 Å². The lowest BCUT2D eigenvalue weighted by atomic mass is 10.2. The van der Waals surface area contributed by atoms with E-state index in [0.29, 0.717) is 18.8 Å². The molecule has 0 heterocycles. The molecule has 0 amide bonds. The second-order valence-corrected chi connectivity index (χ2v) is 3.47. The summed E-state index contributed by atoms with van der Waals surface area (Å²) in [6, 6.07) is 7.11. The SMILES string of the molecule is O=C(Cl)C=Cc1ccc(OCCCF)cc1. The number of carbonyl (C=O) groups is 1. The molecule has 0 saturated carbocycles. The molecular formula is C12H12ClFO2. The van der Waals surface area contributed by atoms with Crippen LogP contribution in [0, 0.1) is 0 Å². The van der Waals surface area contributed by atoms with Crippen LogP contribution in [0.15, 0.2) is 30.3 Å². The number of hydrogen-bond acceptors (Lipinski definition) is 2. The highest BCUT2D eigenvalue weighted by Crippen LogP contribution is 2.13. The van der Waals surface area contributed by atoms with Crippen LogP contribution in [0.4, 0.5) is 4.39 Å². The fourth-order valence-corrected chi connectivity index (χ4v) is 1.14. The van der Waals surface area contributed by atoms with Crippen LogP contribution in [-0.2, 0) is 4.79 Å². The lowest BCUT2D eigenvalue weighted by Gasteiger charge is -2.04. The van der Waals surface area contributed by atoms with Crippen molar-refractivity contribution in [1.82, 2.24) is 0 Å². The first kappa shape index (κ1) is 12.7. The Hall–Kier alpha value is -1.35. The molecule has 0 aliphatic heterocycles. The average Bonchev–Trinajstić information content (AvgIpc) is 2.28. The predicted octanol–water partition coefficient (Wildman–Crippen LogP) is 3.20. The molecule has 0 atom stereocenters. The van der Waals surface area contributed by atoms with Crippen molar-refractivity contribution < 1.29 is 13.9 Å². The van der Waals surface area contributed by atoms with Gasteiger partial charge in [0.1, 0.15) is 5.75 Å². The van der Waals surface area contributed by atoms with Crippen LogP contribution in [0.2, 0.25) is 0 Å². The quantitative estimate of drug-likeness (QED) is 0.435. The molecule has 1 rings (SSSR count). The van der Waals surface area contributed by atoms with Crippen LogP contribution in [0.5, 0.6) is 5.75 Å². The van der Waals surface area contributed by atoms with Gasteiger partial charge < -0.3 is 4.74 Å². The topological polar surface area (TPSA) is 26.3 Å². The smallest absolute Gasteiger partial charge is 0.245 e. The van der Waals surface area contributed by atoms with Gasteiger partial charge in [-0.2, -0.15) is 0 Å². The van der Waals surface area contributed by atoms with E-state index in [-0.39, 0.29) is 6.67 Å². The Morgan fingerprint density at radius 2 is 2.06 bits per heavy atom. The number of allylic oxidation sites excluding steroid dienone is 1. The number of alkyl halides is 1. The third kappa shape index (κ3) is 4.94. The lowest BCUT2D eigenvalue weighted by molar-refractivity contribution is -0.107. The number of ether oxygens (including phenoxy) is 1. The minimum Gasteiger partial charge on any atom is -0.493 e. The largest absolute Gasteiger partial charge is 0.493 e. The van der Waals surface area contributed by atoms with Crippen molar-refractivity contribution in [1.29, 1.82) is 0 Å². The van der Waals surface area contributed by atoms with Crippen molar-refractivity contribution >= 4 is 22.9 Å². The van der Waals surface area contributed by atoms with Gasteiger partial charge >= 0.3 is 0 Å².